The van der Waals surface area contributed by atoms with Crippen molar-refractivity contribution in [2.45, 2.75) is 19.3 Å². The van der Waals surface area contributed by atoms with E-state index >= 15 is 0 Å². The molecule has 0 N–H and O–H groups in total. The van der Waals surface area contributed by atoms with Crippen LogP contribution in [0.2, 0.25) is 0 Å². The number of amides is 4. The molecule has 3 fully saturated rings. The first-order chi connectivity index (χ1) is 14.1. The second-order valence-corrected chi connectivity index (χ2v) is 8.40. The Hall–Kier alpha value is -3.28. The predicted octanol–water partition coefficient (Wildman–Crippen LogP) is 3.02. The minimum absolute atomic E-state index is 0.0966. The first-order valence-electron chi connectivity index (χ1n) is 10.0. The van der Waals surface area contributed by atoms with Crippen molar-refractivity contribution in [3.8, 4) is 0 Å². The van der Waals surface area contributed by atoms with E-state index in [4.69, 9.17) is 0 Å². The standard InChI is InChI=1S/C23H18N2O4/c26-20-16-3-1-2-4-17(16)21(27)24(20)14-7-9-15(10-8-14)25-22(28)18-12-5-6-13(11-12)19(18)23(25)29/h1-4,7-10,12-13,18-19H,5-6,11H2/t12-,13+,18-,19+. The van der Waals surface area contributed by atoms with Crippen molar-refractivity contribution in [1.29, 1.82) is 0 Å². The second kappa shape index (κ2) is 5.63. The highest BCUT2D eigenvalue weighted by atomic mass is 16.2. The Bertz CT molecular complexity index is 1040. The minimum atomic E-state index is -0.363. The third-order valence-electron chi connectivity index (χ3n) is 7.09. The zero-order valence-corrected chi connectivity index (χ0v) is 15.6. The number of hydrogen-bond donors (Lipinski definition) is 0. The van der Waals surface area contributed by atoms with Crippen LogP contribution in [0, 0.1) is 23.7 Å². The summed E-state index contributed by atoms with van der Waals surface area (Å²) in [6.07, 6.45) is 3.08. The molecule has 144 valence electrons. The van der Waals surface area contributed by atoms with Crippen molar-refractivity contribution in [2.24, 2.45) is 23.7 Å². The van der Waals surface area contributed by atoms with Crippen molar-refractivity contribution < 1.29 is 19.2 Å². The fourth-order valence-electron chi connectivity index (χ4n) is 5.84. The summed E-state index contributed by atoms with van der Waals surface area (Å²) in [5, 5.41) is 0. The van der Waals surface area contributed by atoms with Crippen molar-refractivity contribution in [2.75, 3.05) is 9.80 Å². The minimum Gasteiger partial charge on any atom is -0.274 e. The zero-order chi connectivity index (χ0) is 19.9. The number of nitrogens with zero attached hydrogens (tertiary/aromatic N) is 2. The molecular weight excluding hydrogens is 368 g/mol. The molecule has 2 aromatic rings. The Balaban J connectivity index is 1.31. The van der Waals surface area contributed by atoms with Crippen LogP contribution in [0.4, 0.5) is 11.4 Å². The molecule has 4 aliphatic rings. The molecule has 0 spiro atoms. The zero-order valence-electron chi connectivity index (χ0n) is 15.6. The van der Waals surface area contributed by atoms with Crippen LogP contribution in [0.3, 0.4) is 0 Å². The van der Waals surface area contributed by atoms with Crippen LogP contribution in [-0.4, -0.2) is 23.6 Å². The van der Waals surface area contributed by atoms with E-state index in [0.29, 0.717) is 34.3 Å². The Labute approximate surface area is 167 Å². The number of carbonyl (C=O) groups excluding carboxylic acids is 4. The van der Waals surface area contributed by atoms with E-state index in [1.165, 1.54) is 4.90 Å². The maximum absolute atomic E-state index is 13.0. The van der Waals surface area contributed by atoms with Gasteiger partial charge >= 0.3 is 0 Å². The maximum atomic E-state index is 13.0. The first-order valence-corrected chi connectivity index (χ1v) is 10.0. The lowest BCUT2D eigenvalue weighted by atomic mass is 9.81. The Morgan fingerprint density at radius 2 is 1.07 bits per heavy atom. The summed E-state index contributed by atoms with van der Waals surface area (Å²) in [5.74, 6) is -0.584. The van der Waals surface area contributed by atoms with Gasteiger partial charge in [-0.25, -0.2) is 4.90 Å². The van der Waals surface area contributed by atoms with Crippen molar-refractivity contribution in [3.63, 3.8) is 0 Å². The van der Waals surface area contributed by atoms with Crippen LogP contribution in [0.5, 0.6) is 0 Å². The number of anilines is 2. The molecule has 0 radical (unpaired) electrons. The lowest BCUT2D eigenvalue weighted by Gasteiger charge is -2.19. The van der Waals surface area contributed by atoms with Crippen molar-refractivity contribution in [3.05, 3.63) is 59.7 Å². The van der Waals surface area contributed by atoms with Gasteiger partial charge in [0.25, 0.3) is 11.8 Å². The molecule has 2 saturated carbocycles. The van der Waals surface area contributed by atoms with Gasteiger partial charge in [0.1, 0.15) is 0 Å². The van der Waals surface area contributed by atoms with Crippen LogP contribution in [0.25, 0.3) is 0 Å². The van der Waals surface area contributed by atoms with Gasteiger partial charge in [0.15, 0.2) is 0 Å². The number of rotatable bonds is 2. The van der Waals surface area contributed by atoms with Gasteiger partial charge in [-0.3, -0.25) is 24.1 Å². The monoisotopic (exact) mass is 386 g/mol. The summed E-state index contributed by atoms with van der Waals surface area (Å²) in [4.78, 5) is 53.7. The average molecular weight is 386 g/mol. The molecule has 29 heavy (non-hydrogen) atoms. The average Bonchev–Trinajstić information content (AvgIpc) is 3.47. The van der Waals surface area contributed by atoms with E-state index in [1.54, 1.807) is 48.5 Å². The highest BCUT2D eigenvalue weighted by Crippen LogP contribution is 2.56. The fourth-order valence-corrected chi connectivity index (χ4v) is 5.84. The van der Waals surface area contributed by atoms with Gasteiger partial charge in [-0.15, -0.1) is 0 Å². The molecular formula is C23H18N2O4. The summed E-state index contributed by atoms with van der Waals surface area (Å²) in [6, 6.07) is 13.3. The number of hydrogen-bond acceptors (Lipinski definition) is 4. The smallest absolute Gasteiger partial charge is 0.266 e. The number of benzene rings is 2. The van der Waals surface area contributed by atoms with Crippen LogP contribution >= 0.6 is 0 Å². The number of imide groups is 2. The highest BCUT2D eigenvalue weighted by molar-refractivity contribution is 6.34. The van der Waals surface area contributed by atoms with Gasteiger partial charge in [-0.05, 0) is 67.5 Å². The van der Waals surface area contributed by atoms with E-state index in [0.717, 1.165) is 24.2 Å². The topological polar surface area (TPSA) is 74.8 Å². The normalized spacial score (nSPS) is 29.8. The molecule has 6 rings (SSSR count). The van der Waals surface area contributed by atoms with E-state index in [2.05, 4.69) is 0 Å². The highest BCUT2D eigenvalue weighted by Gasteiger charge is 2.61. The third-order valence-corrected chi connectivity index (χ3v) is 7.09. The van der Waals surface area contributed by atoms with Gasteiger partial charge in [0, 0.05) is 0 Å². The van der Waals surface area contributed by atoms with Crippen LogP contribution in [0.15, 0.2) is 48.5 Å². The van der Waals surface area contributed by atoms with Crippen LogP contribution in [0.1, 0.15) is 40.0 Å². The molecule has 6 nitrogen and oxygen atoms in total. The summed E-state index contributed by atoms with van der Waals surface area (Å²) in [7, 11) is 0. The lowest BCUT2D eigenvalue weighted by molar-refractivity contribution is -0.123. The van der Waals surface area contributed by atoms with Gasteiger partial charge in [-0.1, -0.05) is 12.1 Å². The fraction of sp³-hybridized carbons (Fsp3) is 0.304. The molecule has 2 heterocycles. The van der Waals surface area contributed by atoms with Crippen LogP contribution < -0.4 is 9.80 Å². The molecule has 4 atom stereocenters. The van der Waals surface area contributed by atoms with E-state index < -0.39 is 0 Å². The predicted molar refractivity (Wildman–Crippen MR) is 104 cm³/mol. The molecule has 2 aliphatic carbocycles. The maximum Gasteiger partial charge on any atom is 0.266 e. The number of carbonyl (C=O) groups is 4. The summed E-state index contributed by atoms with van der Waals surface area (Å²) in [5.41, 5.74) is 1.71. The second-order valence-electron chi connectivity index (χ2n) is 8.40. The van der Waals surface area contributed by atoms with Gasteiger partial charge in [-0.2, -0.15) is 0 Å². The van der Waals surface area contributed by atoms with E-state index in [1.807, 2.05) is 0 Å². The van der Waals surface area contributed by atoms with Gasteiger partial charge in [0.05, 0.1) is 34.3 Å². The Morgan fingerprint density at radius 1 is 0.621 bits per heavy atom. The first kappa shape index (κ1) is 16.7. The quantitative estimate of drug-likeness (QED) is 0.744. The molecule has 2 aromatic carbocycles. The Kier molecular flexibility index (Phi) is 3.23. The van der Waals surface area contributed by atoms with Gasteiger partial charge in [0.2, 0.25) is 11.8 Å². The van der Waals surface area contributed by atoms with Crippen molar-refractivity contribution in [1.82, 2.24) is 0 Å². The largest absolute Gasteiger partial charge is 0.274 e. The molecule has 1 saturated heterocycles. The summed E-state index contributed by atoms with van der Waals surface area (Å²) in [6.45, 7) is 0. The van der Waals surface area contributed by atoms with Gasteiger partial charge < -0.3 is 0 Å². The van der Waals surface area contributed by atoms with Crippen LogP contribution in [-0.2, 0) is 9.59 Å². The molecule has 6 heteroatoms. The summed E-state index contributed by atoms with van der Waals surface area (Å²) < 4.78 is 0. The number of fused-ring (bicyclic) bond motifs is 6. The summed E-state index contributed by atoms with van der Waals surface area (Å²) >= 11 is 0. The molecule has 0 aromatic heterocycles. The third kappa shape index (κ3) is 2.06. The molecule has 2 aliphatic heterocycles. The van der Waals surface area contributed by atoms with Crippen molar-refractivity contribution >= 4 is 35.0 Å². The van der Waals surface area contributed by atoms with E-state index in [-0.39, 0.29) is 35.5 Å². The molecule has 0 unspecified atom stereocenters. The van der Waals surface area contributed by atoms with E-state index in [9.17, 15) is 19.2 Å². The Morgan fingerprint density at radius 3 is 1.55 bits per heavy atom. The molecule has 2 bridgehead atoms. The lowest BCUT2D eigenvalue weighted by Crippen LogP contribution is -2.33. The molecule has 4 amide bonds. The SMILES string of the molecule is O=C1c2ccccc2C(=O)N1c1ccc(N2C(=O)[C@@H]3[C@@H]4CC[C@@H](C4)[C@@H]3C2=O)cc1.